The molecular weight excluding hydrogens is 330 g/mol. The first-order valence-electron chi connectivity index (χ1n) is 8.79. The topological polar surface area (TPSA) is 64.5 Å². The predicted octanol–water partition coefficient (Wildman–Crippen LogP) is 3.62. The number of ether oxygens (including phenoxy) is 2. The molecule has 0 fully saturated rings. The summed E-state index contributed by atoms with van der Waals surface area (Å²) in [6, 6.07) is 7.98. The van der Waals surface area contributed by atoms with Crippen molar-refractivity contribution >= 4 is 6.09 Å². The highest BCUT2D eigenvalue weighted by Gasteiger charge is 2.26. The smallest absolute Gasteiger partial charge is 0.410 e. The molecule has 0 bridgehead atoms. The fraction of sp³-hybridized carbons (Fsp3) is 0.450. The minimum Gasteiger partial charge on any atom is -0.444 e. The van der Waals surface area contributed by atoms with E-state index in [0.29, 0.717) is 19.0 Å². The molecule has 0 saturated heterocycles. The number of carbonyl (C=O) groups excluding carboxylic acids is 1. The van der Waals surface area contributed by atoms with Crippen molar-refractivity contribution in [2.75, 3.05) is 20.2 Å². The Balaban J connectivity index is 1.76. The fourth-order valence-corrected chi connectivity index (χ4v) is 2.94. The number of likely N-dealkylation sites (N-methyl/N-ethyl adjacent to an activating group) is 1. The van der Waals surface area contributed by atoms with E-state index in [1.165, 1.54) is 5.56 Å². The molecule has 1 atom stereocenters. The predicted molar refractivity (Wildman–Crippen MR) is 98.7 cm³/mol. The van der Waals surface area contributed by atoms with E-state index in [2.05, 4.69) is 16.0 Å². The van der Waals surface area contributed by atoms with Crippen LogP contribution >= 0.6 is 0 Å². The first kappa shape index (κ1) is 18.3. The Hall–Kier alpha value is -2.47. The fourth-order valence-electron chi connectivity index (χ4n) is 2.94. The van der Waals surface area contributed by atoms with Crippen molar-refractivity contribution in [3.05, 3.63) is 47.8 Å². The van der Waals surface area contributed by atoms with Gasteiger partial charge in [0, 0.05) is 25.0 Å². The third kappa shape index (κ3) is 4.38. The summed E-state index contributed by atoms with van der Waals surface area (Å²) in [5.74, 6) is 0.712. The minimum absolute atomic E-state index is 0.165. The Kier molecular flexibility index (Phi) is 5.23. The van der Waals surface area contributed by atoms with E-state index in [-0.39, 0.29) is 12.2 Å². The molecule has 2 aromatic rings. The van der Waals surface area contributed by atoms with Gasteiger partial charge in [0.2, 0.25) is 0 Å². The van der Waals surface area contributed by atoms with E-state index >= 15 is 0 Å². The van der Waals surface area contributed by atoms with Crippen molar-refractivity contribution in [1.82, 2.24) is 14.9 Å². The Morgan fingerprint density at radius 1 is 1.31 bits per heavy atom. The van der Waals surface area contributed by atoms with E-state index in [9.17, 15) is 4.79 Å². The van der Waals surface area contributed by atoms with Crippen LogP contribution in [0.5, 0.6) is 0 Å². The summed E-state index contributed by atoms with van der Waals surface area (Å²) in [4.78, 5) is 22.4. The summed E-state index contributed by atoms with van der Waals surface area (Å²) in [6.45, 7) is 6.65. The maximum atomic E-state index is 12.2. The molecule has 0 radical (unpaired) electrons. The largest absolute Gasteiger partial charge is 0.444 e. The van der Waals surface area contributed by atoms with Crippen LogP contribution in [0.25, 0.3) is 11.4 Å². The van der Waals surface area contributed by atoms with Gasteiger partial charge in [-0.3, -0.25) is 0 Å². The van der Waals surface area contributed by atoms with Gasteiger partial charge < -0.3 is 14.4 Å². The van der Waals surface area contributed by atoms with Crippen molar-refractivity contribution < 1.29 is 14.3 Å². The van der Waals surface area contributed by atoms with E-state index in [4.69, 9.17) is 9.47 Å². The van der Waals surface area contributed by atoms with Crippen molar-refractivity contribution in [2.45, 2.75) is 38.9 Å². The Morgan fingerprint density at radius 2 is 2.04 bits per heavy atom. The molecular formula is C20H25N3O3. The number of aromatic nitrogens is 2. The summed E-state index contributed by atoms with van der Waals surface area (Å²) in [6.07, 6.45) is 3.81. The molecule has 3 rings (SSSR count). The number of benzene rings is 1. The number of carbonyl (C=O) groups is 1. The number of hydrogen-bond donors (Lipinski definition) is 0. The maximum Gasteiger partial charge on any atom is 0.410 e. The number of rotatable bonds is 3. The second-order valence-corrected chi connectivity index (χ2v) is 7.46. The summed E-state index contributed by atoms with van der Waals surface area (Å²) in [5, 5.41) is 0. The number of nitrogens with zero attached hydrogens (tertiary/aromatic N) is 3. The Bertz CT molecular complexity index is 772. The second-order valence-electron chi connectivity index (χ2n) is 7.46. The average molecular weight is 355 g/mol. The molecule has 6 nitrogen and oxygen atoms in total. The van der Waals surface area contributed by atoms with Crippen LogP contribution in [0.4, 0.5) is 4.79 Å². The van der Waals surface area contributed by atoms with Crippen LogP contribution in [0.3, 0.4) is 0 Å². The van der Waals surface area contributed by atoms with Gasteiger partial charge in [-0.25, -0.2) is 14.8 Å². The highest BCUT2D eigenvalue weighted by atomic mass is 16.6. The SMILES string of the molecule is CN(CC1OCCc2cc(-c3ncccn3)ccc21)C(=O)OC(C)(C)C. The summed E-state index contributed by atoms with van der Waals surface area (Å²) in [7, 11) is 1.73. The molecule has 1 aromatic heterocycles. The van der Waals surface area contributed by atoms with Crippen LogP contribution in [-0.4, -0.2) is 46.8 Å². The lowest BCUT2D eigenvalue weighted by Gasteiger charge is -2.31. The van der Waals surface area contributed by atoms with Gasteiger partial charge in [-0.05, 0) is 50.5 Å². The molecule has 1 amide bonds. The normalized spacial score (nSPS) is 16.7. The zero-order chi connectivity index (χ0) is 18.7. The molecule has 26 heavy (non-hydrogen) atoms. The van der Waals surface area contributed by atoms with E-state index < -0.39 is 5.60 Å². The van der Waals surface area contributed by atoms with Crippen molar-refractivity contribution in [2.24, 2.45) is 0 Å². The standard InChI is InChI=1S/C20H25N3O3/c1-20(2,3)26-19(24)23(4)13-17-16-7-6-15(12-14(16)8-11-25-17)18-21-9-5-10-22-18/h5-7,9-10,12,17H,8,11,13H2,1-4H3. The lowest BCUT2D eigenvalue weighted by molar-refractivity contribution is -0.00163. The summed E-state index contributed by atoms with van der Waals surface area (Å²) >= 11 is 0. The van der Waals surface area contributed by atoms with Crippen LogP contribution < -0.4 is 0 Å². The van der Waals surface area contributed by atoms with E-state index in [0.717, 1.165) is 17.5 Å². The highest BCUT2D eigenvalue weighted by molar-refractivity contribution is 5.68. The van der Waals surface area contributed by atoms with Gasteiger partial charge in [0.15, 0.2) is 5.82 Å². The Morgan fingerprint density at radius 3 is 2.73 bits per heavy atom. The monoisotopic (exact) mass is 355 g/mol. The first-order chi connectivity index (χ1) is 12.3. The molecule has 1 aliphatic rings. The minimum atomic E-state index is -0.513. The molecule has 1 aromatic carbocycles. The van der Waals surface area contributed by atoms with Gasteiger partial charge in [-0.2, -0.15) is 0 Å². The lowest BCUT2D eigenvalue weighted by Crippen LogP contribution is -2.37. The van der Waals surface area contributed by atoms with Crippen LogP contribution in [0.1, 0.15) is 38.0 Å². The molecule has 1 aliphatic heterocycles. The molecule has 138 valence electrons. The van der Waals surface area contributed by atoms with Gasteiger partial charge in [0.05, 0.1) is 13.2 Å². The molecule has 1 unspecified atom stereocenters. The second kappa shape index (κ2) is 7.41. The van der Waals surface area contributed by atoms with E-state index in [1.807, 2.05) is 32.9 Å². The van der Waals surface area contributed by atoms with Crippen LogP contribution in [0.15, 0.2) is 36.7 Å². The number of hydrogen-bond acceptors (Lipinski definition) is 5. The van der Waals surface area contributed by atoms with Crippen molar-refractivity contribution in [1.29, 1.82) is 0 Å². The molecule has 0 saturated carbocycles. The summed E-state index contributed by atoms with van der Waals surface area (Å²) < 4.78 is 11.3. The lowest BCUT2D eigenvalue weighted by atomic mass is 9.95. The zero-order valence-corrected chi connectivity index (χ0v) is 15.7. The average Bonchev–Trinajstić information content (AvgIpc) is 2.61. The van der Waals surface area contributed by atoms with Crippen LogP contribution in [0.2, 0.25) is 0 Å². The maximum absolute atomic E-state index is 12.2. The van der Waals surface area contributed by atoms with Gasteiger partial charge in [-0.15, -0.1) is 0 Å². The molecule has 6 heteroatoms. The van der Waals surface area contributed by atoms with E-state index in [1.54, 1.807) is 30.4 Å². The summed E-state index contributed by atoms with van der Waals surface area (Å²) in [5.41, 5.74) is 2.79. The highest BCUT2D eigenvalue weighted by Crippen LogP contribution is 2.30. The van der Waals surface area contributed by atoms with Gasteiger partial charge in [0.1, 0.15) is 11.7 Å². The quantitative estimate of drug-likeness (QED) is 0.841. The number of fused-ring (bicyclic) bond motifs is 1. The molecule has 0 aliphatic carbocycles. The van der Waals surface area contributed by atoms with Crippen LogP contribution in [0, 0.1) is 0 Å². The van der Waals surface area contributed by atoms with Crippen molar-refractivity contribution in [3.8, 4) is 11.4 Å². The number of amides is 1. The van der Waals surface area contributed by atoms with Gasteiger partial charge in [-0.1, -0.05) is 12.1 Å². The zero-order valence-electron chi connectivity index (χ0n) is 15.7. The van der Waals surface area contributed by atoms with Crippen molar-refractivity contribution in [3.63, 3.8) is 0 Å². The molecule has 0 spiro atoms. The van der Waals surface area contributed by atoms with Crippen LogP contribution in [-0.2, 0) is 15.9 Å². The third-order valence-corrected chi connectivity index (χ3v) is 4.15. The molecule has 2 heterocycles. The first-order valence-corrected chi connectivity index (χ1v) is 8.79. The molecule has 0 N–H and O–H groups in total. The Labute approximate surface area is 154 Å². The van der Waals surface area contributed by atoms with Gasteiger partial charge >= 0.3 is 6.09 Å². The van der Waals surface area contributed by atoms with Gasteiger partial charge in [0.25, 0.3) is 0 Å². The third-order valence-electron chi connectivity index (χ3n) is 4.15.